The van der Waals surface area contributed by atoms with Gasteiger partial charge in [0.15, 0.2) is 5.82 Å². The Labute approximate surface area is 93.3 Å². The van der Waals surface area contributed by atoms with Crippen LogP contribution in [0.5, 0.6) is 0 Å². The van der Waals surface area contributed by atoms with Gasteiger partial charge in [-0.2, -0.15) is 10.0 Å². The fraction of sp³-hybridized carbons (Fsp3) is 0.143. The third-order valence-electron chi connectivity index (χ3n) is 1.87. The maximum atomic E-state index is 4.21. The highest BCUT2D eigenvalue weighted by Gasteiger charge is 2.08. The Balaban J connectivity index is 1.83. The molecule has 0 saturated carbocycles. The molecule has 8 nitrogen and oxygen atoms in total. The minimum absolute atomic E-state index is 0.356. The Morgan fingerprint density at radius 3 is 3.12 bits per heavy atom. The molecular formula is C7H6N8S. The van der Waals surface area contributed by atoms with Crippen LogP contribution >= 0.6 is 11.3 Å². The van der Waals surface area contributed by atoms with Crippen molar-refractivity contribution in [2.24, 2.45) is 0 Å². The van der Waals surface area contributed by atoms with E-state index >= 15 is 0 Å². The average Bonchev–Trinajstić information content (AvgIpc) is 2.99. The highest BCUT2D eigenvalue weighted by molar-refractivity contribution is 7.13. The first kappa shape index (κ1) is 9.09. The van der Waals surface area contributed by atoms with Crippen LogP contribution in [0.2, 0.25) is 0 Å². The fourth-order valence-electron chi connectivity index (χ4n) is 1.19. The molecule has 0 aliphatic heterocycles. The zero-order valence-electron chi connectivity index (χ0n) is 7.98. The summed E-state index contributed by atoms with van der Waals surface area (Å²) in [6.45, 7) is 0.356. The van der Waals surface area contributed by atoms with Crippen molar-refractivity contribution >= 4 is 11.3 Å². The molecule has 0 unspecified atom stereocenters. The molecule has 3 aromatic rings. The van der Waals surface area contributed by atoms with Gasteiger partial charge in [0.25, 0.3) is 0 Å². The first-order valence-corrected chi connectivity index (χ1v) is 5.34. The maximum absolute atomic E-state index is 4.21. The molecule has 3 aromatic heterocycles. The second-order valence-electron chi connectivity index (χ2n) is 2.95. The van der Waals surface area contributed by atoms with Gasteiger partial charge in [-0.1, -0.05) is 11.3 Å². The summed E-state index contributed by atoms with van der Waals surface area (Å²) >= 11 is 1.57. The molecule has 0 fully saturated rings. The molecule has 0 atom stereocenters. The van der Waals surface area contributed by atoms with Gasteiger partial charge in [0, 0.05) is 0 Å². The SMILES string of the molecule is c1csc(-c2nnn(Cc3nn[nH]n3)n2)c1. The number of nitrogens with one attached hydrogen (secondary N) is 1. The zero-order chi connectivity index (χ0) is 10.8. The third kappa shape index (κ3) is 1.67. The average molecular weight is 234 g/mol. The molecule has 80 valence electrons. The Morgan fingerprint density at radius 2 is 2.38 bits per heavy atom. The molecule has 0 aromatic carbocycles. The van der Waals surface area contributed by atoms with E-state index in [0.717, 1.165) is 4.88 Å². The zero-order valence-corrected chi connectivity index (χ0v) is 8.79. The Hall–Kier alpha value is -2.16. The molecule has 0 spiro atoms. The van der Waals surface area contributed by atoms with Gasteiger partial charge < -0.3 is 0 Å². The van der Waals surface area contributed by atoms with Crippen LogP contribution in [0.25, 0.3) is 10.7 Å². The standard InChI is InChI=1S/C7H6N8S/c1-2-5(16-3-1)7-10-14-15(11-7)4-6-8-12-13-9-6/h1-3H,4H2,(H,8,9,12,13). The van der Waals surface area contributed by atoms with Crippen molar-refractivity contribution in [3.63, 3.8) is 0 Å². The number of rotatable bonds is 3. The van der Waals surface area contributed by atoms with Crippen LogP contribution in [0.4, 0.5) is 0 Å². The van der Waals surface area contributed by atoms with Crippen molar-refractivity contribution in [1.82, 2.24) is 40.8 Å². The summed E-state index contributed by atoms with van der Waals surface area (Å²) in [5.41, 5.74) is 0. The molecule has 0 aliphatic rings. The van der Waals surface area contributed by atoms with Crippen LogP contribution in [0.3, 0.4) is 0 Å². The summed E-state index contributed by atoms with van der Waals surface area (Å²) in [7, 11) is 0. The molecule has 3 heterocycles. The van der Waals surface area contributed by atoms with Gasteiger partial charge in [-0.25, -0.2) is 0 Å². The lowest BCUT2D eigenvalue weighted by atomic mass is 10.5. The van der Waals surface area contributed by atoms with Crippen molar-refractivity contribution in [3.05, 3.63) is 23.3 Å². The van der Waals surface area contributed by atoms with Crippen LogP contribution in [0.15, 0.2) is 17.5 Å². The Morgan fingerprint density at radius 1 is 1.38 bits per heavy atom. The summed E-state index contributed by atoms with van der Waals surface area (Å²) in [4.78, 5) is 2.42. The second-order valence-corrected chi connectivity index (χ2v) is 3.90. The number of H-pyrrole nitrogens is 1. The molecular weight excluding hydrogens is 228 g/mol. The number of hydrogen-bond donors (Lipinski definition) is 1. The number of tetrazole rings is 2. The van der Waals surface area contributed by atoms with Crippen molar-refractivity contribution in [3.8, 4) is 10.7 Å². The summed E-state index contributed by atoms with van der Waals surface area (Å²) in [5.74, 6) is 1.13. The van der Waals surface area contributed by atoms with E-state index in [-0.39, 0.29) is 0 Å². The number of thiophene rings is 1. The van der Waals surface area contributed by atoms with Crippen LogP contribution in [0.1, 0.15) is 5.82 Å². The molecule has 16 heavy (non-hydrogen) atoms. The summed E-state index contributed by atoms with van der Waals surface area (Å²) < 4.78 is 0. The van der Waals surface area contributed by atoms with Gasteiger partial charge in [-0.15, -0.1) is 31.7 Å². The molecule has 0 radical (unpaired) electrons. The largest absolute Gasteiger partial charge is 0.214 e. The lowest BCUT2D eigenvalue weighted by Gasteiger charge is -1.90. The van der Waals surface area contributed by atoms with E-state index in [0.29, 0.717) is 18.2 Å². The van der Waals surface area contributed by atoms with Crippen LogP contribution in [-0.4, -0.2) is 40.8 Å². The number of aromatic nitrogens is 8. The lowest BCUT2D eigenvalue weighted by Crippen LogP contribution is -2.05. The van der Waals surface area contributed by atoms with Crippen molar-refractivity contribution in [2.75, 3.05) is 0 Å². The highest BCUT2D eigenvalue weighted by atomic mass is 32.1. The predicted octanol–water partition coefficient (Wildman–Crippen LogP) is -0.0370. The summed E-state index contributed by atoms with van der Waals surface area (Å²) in [6.07, 6.45) is 0. The molecule has 9 heteroatoms. The number of nitrogens with zero attached hydrogens (tertiary/aromatic N) is 7. The molecule has 0 aliphatic carbocycles. The van der Waals surface area contributed by atoms with E-state index in [4.69, 9.17) is 0 Å². The number of hydrogen-bond acceptors (Lipinski definition) is 7. The van der Waals surface area contributed by atoms with E-state index in [1.807, 2.05) is 17.5 Å². The minimum atomic E-state index is 0.356. The third-order valence-corrected chi connectivity index (χ3v) is 2.73. The van der Waals surface area contributed by atoms with E-state index in [1.54, 1.807) is 11.3 Å². The van der Waals surface area contributed by atoms with Gasteiger partial charge in [0.1, 0.15) is 6.54 Å². The Kier molecular flexibility index (Phi) is 2.14. The fourth-order valence-corrected chi connectivity index (χ4v) is 1.84. The smallest absolute Gasteiger partial charge is 0.177 e. The van der Waals surface area contributed by atoms with Crippen LogP contribution < -0.4 is 0 Å². The first-order chi connectivity index (χ1) is 7.92. The predicted molar refractivity (Wildman–Crippen MR) is 54.4 cm³/mol. The first-order valence-electron chi connectivity index (χ1n) is 4.46. The highest BCUT2D eigenvalue weighted by Crippen LogP contribution is 2.19. The molecule has 0 saturated heterocycles. The molecule has 3 rings (SSSR count). The number of aromatic amines is 1. The van der Waals surface area contributed by atoms with E-state index in [2.05, 4.69) is 36.0 Å². The normalized spacial score (nSPS) is 10.8. The monoisotopic (exact) mass is 234 g/mol. The molecule has 1 N–H and O–H groups in total. The van der Waals surface area contributed by atoms with E-state index in [1.165, 1.54) is 4.80 Å². The second kappa shape index (κ2) is 3.77. The van der Waals surface area contributed by atoms with E-state index < -0.39 is 0 Å². The minimum Gasteiger partial charge on any atom is -0.177 e. The van der Waals surface area contributed by atoms with Crippen molar-refractivity contribution < 1.29 is 0 Å². The molecule has 0 amide bonds. The van der Waals surface area contributed by atoms with Gasteiger partial charge in [-0.05, 0) is 16.7 Å². The van der Waals surface area contributed by atoms with E-state index in [9.17, 15) is 0 Å². The van der Waals surface area contributed by atoms with Crippen molar-refractivity contribution in [1.29, 1.82) is 0 Å². The van der Waals surface area contributed by atoms with Crippen molar-refractivity contribution in [2.45, 2.75) is 6.54 Å². The van der Waals surface area contributed by atoms with Gasteiger partial charge in [-0.3, -0.25) is 0 Å². The lowest BCUT2D eigenvalue weighted by molar-refractivity contribution is 0.555. The van der Waals surface area contributed by atoms with Gasteiger partial charge in [0.2, 0.25) is 5.82 Å². The van der Waals surface area contributed by atoms with Gasteiger partial charge >= 0.3 is 0 Å². The van der Waals surface area contributed by atoms with Crippen LogP contribution in [0, 0.1) is 0 Å². The Bertz CT molecular complexity index is 553. The summed E-state index contributed by atoms with van der Waals surface area (Å²) in [6, 6.07) is 3.89. The quantitative estimate of drug-likeness (QED) is 0.683. The topological polar surface area (TPSA) is 98.1 Å². The summed E-state index contributed by atoms with van der Waals surface area (Å²) in [5, 5.41) is 27.5. The van der Waals surface area contributed by atoms with Gasteiger partial charge in [0.05, 0.1) is 4.88 Å². The van der Waals surface area contributed by atoms with Crippen LogP contribution in [-0.2, 0) is 6.54 Å². The molecule has 0 bridgehead atoms. The maximum Gasteiger partial charge on any atom is 0.214 e.